The third-order valence-electron chi connectivity index (χ3n) is 1.81. The van der Waals surface area contributed by atoms with Crippen LogP contribution in [-0.4, -0.2) is 41.4 Å². The lowest BCUT2D eigenvalue weighted by molar-refractivity contribution is -0.384. The van der Waals surface area contributed by atoms with Gasteiger partial charge in [-0.15, -0.1) is 0 Å². The number of halogens is 1. The molecule has 94 valence electrons. The molecule has 1 rings (SSSR count). The van der Waals surface area contributed by atoms with Crippen LogP contribution in [0.15, 0.2) is 16.7 Å². The van der Waals surface area contributed by atoms with Crippen molar-refractivity contribution in [3.05, 3.63) is 26.9 Å². The van der Waals surface area contributed by atoms with Gasteiger partial charge in [0, 0.05) is 23.3 Å². The van der Waals surface area contributed by atoms with Crippen molar-refractivity contribution in [2.24, 2.45) is 0 Å². The van der Waals surface area contributed by atoms with E-state index >= 15 is 0 Å². The van der Waals surface area contributed by atoms with Gasteiger partial charge in [-0.3, -0.25) is 10.1 Å². The lowest BCUT2D eigenvalue weighted by Crippen LogP contribution is -2.13. The summed E-state index contributed by atoms with van der Waals surface area (Å²) in [5.41, 5.74) is -0.0958. The van der Waals surface area contributed by atoms with Crippen molar-refractivity contribution in [2.45, 2.75) is 0 Å². The maximum absolute atomic E-state index is 10.7. The van der Waals surface area contributed by atoms with Gasteiger partial charge >= 0.3 is 5.69 Å². The first kappa shape index (κ1) is 13.8. The van der Waals surface area contributed by atoms with Gasteiger partial charge in [-0.1, -0.05) is 0 Å². The molecule has 1 aromatic heterocycles. The van der Waals surface area contributed by atoms with E-state index < -0.39 is 4.92 Å². The maximum Gasteiger partial charge on any atom is 0.312 e. The van der Waals surface area contributed by atoms with Crippen molar-refractivity contribution in [1.82, 2.24) is 4.98 Å². The Bertz CT molecular complexity index is 389. The molecule has 0 saturated carbocycles. The quantitative estimate of drug-likeness (QED) is 0.446. The van der Waals surface area contributed by atoms with Crippen LogP contribution >= 0.6 is 15.9 Å². The van der Waals surface area contributed by atoms with E-state index in [2.05, 4.69) is 26.2 Å². The molecule has 0 amide bonds. The second kappa shape index (κ2) is 7.15. The smallest absolute Gasteiger partial charge is 0.312 e. The first-order valence-corrected chi connectivity index (χ1v) is 5.67. The van der Waals surface area contributed by atoms with Crippen molar-refractivity contribution < 1.29 is 14.8 Å². The Morgan fingerprint density at radius 3 is 3.00 bits per heavy atom. The van der Waals surface area contributed by atoms with E-state index in [4.69, 9.17) is 9.84 Å². The number of nitrogens with zero attached hydrogens (tertiary/aromatic N) is 2. The van der Waals surface area contributed by atoms with Gasteiger partial charge in [-0.05, 0) is 15.9 Å². The number of anilines is 1. The van der Waals surface area contributed by atoms with Crippen molar-refractivity contribution >= 4 is 27.4 Å². The number of aromatic nitrogens is 1. The summed E-state index contributed by atoms with van der Waals surface area (Å²) < 4.78 is 5.56. The minimum absolute atomic E-state index is 0.0450. The average Bonchev–Trinajstić information content (AvgIpc) is 2.30. The fraction of sp³-hybridized carbons (Fsp3) is 0.444. The zero-order valence-corrected chi connectivity index (χ0v) is 10.5. The van der Waals surface area contributed by atoms with Crippen LogP contribution in [0.4, 0.5) is 11.5 Å². The predicted molar refractivity (Wildman–Crippen MR) is 65.0 cm³/mol. The number of nitrogens with one attached hydrogen (secondary N) is 1. The molecule has 0 radical (unpaired) electrons. The van der Waals surface area contributed by atoms with E-state index in [0.717, 1.165) is 0 Å². The molecular weight excluding hydrogens is 294 g/mol. The third kappa shape index (κ3) is 4.63. The molecule has 0 saturated heterocycles. The molecule has 0 fully saturated rings. The van der Waals surface area contributed by atoms with Crippen LogP contribution in [0.1, 0.15) is 0 Å². The van der Waals surface area contributed by atoms with Crippen LogP contribution in [0.25, 0.3) is 0 Å². The lowest BCUT2D eigenvalue weighted by Gasteiger charge is -2.06. The van der Waals surface area contributed by atoms with E-state index in [0.29, 0.717) is 17.6 Å². The molecule has 7 nitrogen and oxygen atoms in total. The molecule has 0 unspecified atom stereocenters. The minimum Gasteiger partial charge on any atom is -0.394 e. The van der Waals surface area contributed by atoms with Crippen LogP contribution < -0.4 is 5.32 Å². The number of ether oxygens (including phenoxy) is 1. The summed E-state index contributed by atoms with van der Waals surface area (Å²) in [6.07, 6.45) is 1.48. The molecule has 0 aromatic carbocycles. The summed E-state index contributed by atoms with van der Waals surface area (Å²) in [5.74, 6) is 0.200. The largest absolute Gasteiger partial charge is 0.394 e. The van der Waals surface area contributed by atoms with Gasteiger partial charge in [0.15, 0.2) is 0 Å². The standard InChI is InChI=1S/C9H12BrN3O4/c10-7-5-8(13(15)16)9(12-6-7)11-1-3-17-4-2-14/h5-6,14H,1-4H2,(H,11,12). The second-order valence-electron chi connectivity index (χ2n) is 3.04. The Kier molecular flexibility index (Phi) is 5.81. The Hall–Kier alpha value is -1.25. The Morgan fingerprint density at radius 2 is 2.35 bits per heavy atom. The van der Waals surface area contributed by atoms with Crippen molar-refractivity contribution in [2.75, 3.05) is 31.7 Å². The van der Waals surface area contributed by atoms with Gasteiger partial charge in [0.25, 0.3) is 0 Å². The summed E-state index contributed by atoms with van der Waals surface area (Å²) >= 11 is 3.12. The third-order valence-corrected chi connectivity index (χ3v) is 2.24. The zero-order valence-electron chi connectivity index (χ0n) is 8.93. The maximum atomic E-state index is 10.7. The predicted octanol–water partition coefficient (Wildman–Crippen LogP) is 1.17. The fourth-order valence-electron chi connectivity index (χ4n) is 1.11. The lowest BCUT2D eigenvalue weighted by atomic mass is 10.4. The molecule has 0 aliphatic carbocycles. The highest BCUT2D eigenvalue weighted by atomic mass is 79.9. The van der Waals surface area contributed by atoms with Crippen LogP contribution in [0.5, 0.6) is 0 Å². The van der Waals surface area contributed by atoms with Gasteiger partial charge < -0.3 is 15.2 Å². The van der Waals surface area contributed by atoms with Gasteiger partial charge in [0.1, 0.15) is 0 Å². The number of hydrogen-bond acceptors (Lipinski definition) is 6. The van der Waals surface area contributed by atoms with Crippen molar-refractivity contribution in [3.8, 4) is 0 Å². The monoisotopic (exact) mass is 305 g/mol. The molecule has 0 aliphatic rings. The number of rotatable bonds is 7. The second-order valence-corrected chi connectivity index (χ2v) is 3.96. The molecular formula is C9H12BrN3O4. The highest BCUT2D eigenvalue weighted by Gasteiger charge is 2.15. The molecule has 0 spiro atoms. The Labute approximate surface area is 106 Å². The number of aliphatic hydroxyl groups is 1. The number of aliphatic hydroxyl groups excluding tert-OH is 1. The molecule has 8 heteroatoms. The summed E-state index contributed by atoms with van der Waals surface area (Å²) in [7, 11) is 0. The summed E-state index contributed by atoms with van der Waals surface area (Å²) in [6.45, 7) is 0.930. The Morgan fingerprint density at radius 1 is 1.59 bits per heavy atom. The van der Waals surface area contributed by atoms with Crippen LogP contribution in [0, 0.1) is 10.1 Å². The zero-order chi connectivity index (χ0) is 12.7. The van der Waals surface area contributed by atoms with Gasteiger partial charge in [-0.2, -0.15) is 0 Å². The molecule has 1 heterocycles. The molecule has 17 heavy (non-hydrogen) atoms. The molecule has 0 atom stereocenters. The first-order valence-electron chi connectivity index (χ1n) is 4.87. The normalized spacial score (nSPS) is 10.2. The molecule has 0 aliphatic heterocycles. The van der Waals surface area contributed by atoms with Crippen LogP contribution in [0.3, 0.4) is 0 Å². The van der Waals surface area contributed by atoms with Gasteiger partial charge in [-0.25, -0.2) is 4.98 Å². The fourth-order valence-corrected chi connectivity index (χ4v) is 1.43. The summed E-state index contributed by atoms with van der Waals surface area (Å²) in [6, 6.07) is 1.38. The number of hydrogen-bond donors (Lipinski definition) is 2. The molecule has 1 aromatic rings. The summed E-state index contributed by atoms with van der Waals surface area (Å²) in [4.78, 5) is 14.2. The number of pyridine rings is 1. The molecule has 0 bridgehead atoms. The van der Waals surface area contributed by atoms with Crippen molar-refractivity contribution in [3.63, 3.8) is 0 Å². The van der Waals surface area contributed by atoms with Crippen LogP contribution in [0.2, 0.25) is 0 Å². The number of nitro groups is 1. The highest BCUT2D eigenvalue weighted by molar-refractivity contribution is 9.10. The average molecular weight is 306 g/mol. The van der Waals surface area contributed by atoms with E-state index in [9.17, 15) is 10.1 Å². The van der Waals surface area contributed by atoms with Gasteiger partial charge in [0.05, 0.1) is 24.7 Å². The minimum atomic E-state index is -0.505. The van der Waals surface area contributed by atoms with E-state index in [1.165, 1.54) is 12.3 Å². The SMILES string of the molecule is O=[N+]([O-])c1cc(Br)cnc1NCCOCCO. The first-order chi connectivity index (χ1) is 8.15. The topological polar surface area (TPSA) is 97.5 Å². The molecule has 2 N–H and O–H groups in total. The summed E-state index contributed by atoms with van der Waals surface area (Å²) in [5, 5.41) is 22.0. The highest BCUT2D eigenvalue weighted by Crippen LogP contribution is 2.24. The van der Waals surface area contributed by atoms with Crippen molar-refractivity contribution in [1.29, 1.82) is 0 Å². The van der Waals surface area contributed by atoms with Crippen LogP contribution in [-0.2, 0) is 4.74 Å². The van der Waals surface area contributed by atoms with E-state index in [-0.39, 0.29) is 24.7 Å². The van der Waals surface area contributed by atoms with Gasteiger partial charge in [0.2, 0.25) is 5.82 Å². The van der Waals surface area contributed by atoms with E-state index in [1.807, 2.05) is 0 Å². The van der Waals surface area contributed by atoms with E-state index in [1.54, 1.807) is 0 Å². The Balaban J connectivity index is 2.55.